The molecule has 0 radical (unpaired) electrons. The van der Waals surface area contributed by atoms with Crippen LogP contribution < -0.4 is 4.31 Å². The maximum absolute atomic E-state index is 12.9. The number of benzene rings is 1. The highest BCUT2D eigenvalue weighted by Gasteiger charge is 2.27. The highest BCUT2D eigenvalue weighted by molar-refractivity contribution is 7.92. The molecule has 0 atom stereocenters. The maximum Gasteiger partial charge on any atom is 0.360 e. The summed E-state index contributed by atoms with van der Waals surface area (Å²) in [5.41, 5.74) is 0.804. The number of fused-ring (bicyclic) bond motifs is 1. The molecule has 0 N–H and O–H groups in total. The number of carbonyl (C=O) groups is 1. The van der Waals surface area contributed by atoms with Crippen molar-refractivity contribution in [3.8, 4) is 0 Å². The van der Waals surface area contributed by atoms with Crippen molar-refractivity contribution in [2.45, 2.75) is 5.75 Å². The smallest absolute Gasteiger partial charge is 0.360 e. The molecular formula is C17H15ClN4O4S. The Morgan fingerprint density at radius 1 is 1.22 bits per heavy atom. The Bertz CT molecular complexity index is 1120. The van der Waals surface area contributed by atoms with Crippen LogP contribution in [0.5, 0.6) is 0 Å². The molecule has 0 amide bonds. The van der Waals surface area contributed by atoms with Crippen molar-refractivity contribution in [3.63, 3.8) is 0 Å². The number of halogens is 1. The van der Waals surface area contributed by atoms with Gasteiger partial charge in [0.1, 0.15) is 5.15 Å². The fourth-order valence-electron chi connectivity index (χ4n) is 2.46. The molecular weight excluding hydrogens is 392 g/mol. The summed E-state index contributed by atoms with van der Waals surface area (Å²) >= 11 is 6.17. The van der Waals surface area contributed by atoms with Crippen LogP contribution in [0.3, 0.4) is 0 Å². The number of methoxy groups -OCH3 is 1. The Kier molecular flexibility index (Phi) is 5.24. The summed E-state index contributed by atoms with van der Waals surface area (Å²) in [6.07, 6.45) is 2.57. The number of aromatic nitrogens is 3. The number of anilines is 1. The summed E-state index contributed by atoms with van der Waals surface area (Å²) in [6, 6.07) is 8.92. The van der Waals surface area contributed by atoms with E-state index >= 15 is 0 Å². The number of ether oxygens (including phenoxy) is 1. The summed E-state index contributed by atoms with van der Waals surface area (Å²) in [7, 11) is -1.46. The standard InChI is InChI=1S/C17H15ClN4O4S/c1-22(16-14(17(23)26-2)19-7-8-20-16)27(24,25)10-12-9-11-5-3-4-6-13(11)21-15(12)18/h3-9H,10H2,1-2H3. The third-order valence-corrected chi connectivity index (χ3v) is 5.87. The number of sulfonamides is 1. The highest BCUT2D eigenvalue weighted by atomic mass is 35.5. The van der Waals surface area contributed by atoms with Gasteiger partial charge in [-0.3, -0.25) is 4.31 Å². The Hall–Kier alpha value is -2.78. The van der Waals surface area contributed by atoms with Crippen LogP contribution in [0.25, 0.3) is 10.9 Å². The number of hydrogen-bond donors (Lipinski definition) is 0. The van der Waals surface area contributed by atoms with Crippen molar-refractivity contribution in [1.82, 2.24) is 15.0 Å². The molecule has 140 valence electrons. The van der Waals surface area contributed by atoms with E-state index in [1.807, 2.05) is 18.2 Å². The van der Waals surface area contributed by atoms with E-state index < -0.39 is 21.7 Å². The lowest BCUT2D eigenvalue weighted by Crippen LogP contribution is -2.31. The Morgan fingerprint density at radius 2 is 1.93 bits per heavy atom. The van der Waals surface area contributed by atoms with Crippen LogP contribution in [0.1, 0.15) is 16.1 Å². The van der Waals surface area contributed by atoms with Gasteiger partial charge >= 0.3 is 5.97 Å². The van der Waals surface area contributed by atoms with Gasteiger partial charge in [-0.15, -0.1) is 0 Å². The monoisotopic (exact) mass is 406 g/mol. The predicted octanol–water partition coefficient (Wildman–Crippen LogP) is 2.43. The van der Waals surface area contributed by atoms with Crippen LogP contribution >= 0.6 is 11.6 Å². The molecule has 2 aromatic heterocycles. The van der Waals surface area contributed by atoms with Crippen molar-refractivity contribution in [2.75, 3.05) is 18.5 Å². The molecule has 0 saturated carbocycles. The summed E-state index contributed by atoms with van der Waals surface area (Å²) in [5, 5.41) is 0.863. The highest BCUT2D eigenvalue weighted by Crippen LogP contribution is 2.25. The molecule has 3 rings (SSSR count). The van der Waals surface area contributed by atoms with Gasteiger partial charge in [-0.25, -0.2) is 28.2 Å². The topological polar surface area (TPSA) is 102 Å². The number of pyridine rings is 1. The van der Waals surface area contributed by atoms with Crippen molar-refractivity contribution < 1.29 is 17.9 Å². The van der Waals surface area contributed by atoms with Gasteiger partial charge in [0.05, 0.1) is 18.4 Å². The molecule has 8 nitrogen and oxygen atoms in total. The fourth-order valence-corrected chi connectivity index (χ4v) is 3.96. The zero-order chi connectivity index (χ0) is 19.6. The van der Waals surface area contributed by atoms with Crippen molar-refractivity contribution in [3.05, 3.63) is 59.1 Å². The third kappa shape index (κ3) is 3.83. The van der Waals surface area contributed by atoms with Crippen LogP contribution in [0.15, 0.2) is 42.7 Å². The molecule has 0 aliphatic carbocycles. The second kappa shape index (κ2) is 7.45. The molecule has 1 aromatic carbocycles. The van der Waals surface area contributed by atoms with Gasteiger partial charge in [0.15, 0.2) is 11.5 Å². The van der Waals surface area contributed by atoms with Gasteiger partial charge < -0.3 is 4.74 Å². The van der Waals surface area contributed by atoms with Crippen molar-refractivity contribution in [1.29, 1.82) is 0 Å². The van der Waals surface area contributed by atoms with E-state index in [9.17, 15) is 13.2 Å². The lowest BCUT2D eigenvalue weighted by Gasteiger charge is -2.20. The summed E-state index contributed by atoms with van der Waals surface area (Å²) in [6.45, 7) is 0. The minimum atomic E-state index is -3.92. The van der Waals surface area contributed by atoms with E-state index in [0.29, 0.717) is 11.1 Å². The first-order chi connectivity index (χ1) is 12.8. The second-order valence-electron chi connectivity index (χ2n) is 5.57. The van der Waals surface area contributed by atoms with Crippen molar-refractivity contribution >= 4 is 44.3 Å². The van der Waals surface area contributed by atoms with Crippen LogP contribution in [0.2, 0.25) is 5.15 Å². The largest absolute Gasteiger partial charge is 0.464 e. The number of hydrogen-bond acceptors (Lipinski definition) is 7. The molecule has 0 unspecified atom stereocenters. The van der Waals surface area contributed by atoms with Gasteiger partial charge in [-0.05, 0) is 12.1 Å². The molecule has 0 aliphatic heterocycles. The Labute approximate surface area is 160 Å². The molecule has 27 heavy (non-hydrogen) atoms. The third-order valence-electron chi connectivity index (χ3n) is 3.86. The molecule has 0 saturated heterocycles. The van der Waals surface area contributed by atoms with Gasteiger partial charge in [0, 0.05) is 30.4 Å². The van der Waals surface area contributed by atoms with Crippen LogP contribution in [-0.2, 0) is 20.5 Å². The molecule has 10 heteroatoms. The molecule has 0 spiro atoms. The quantitative estimate of drug-likeness (QED) is 0.473. The zero-order valence-electron chi connectivity index (χ0n) is 14.5. The van der Waals surface area contributed by atoms with E-state index in [0.717, 1.165) is 9.69 Å². The molecule has 0 fully saturated rings. The van der Waals surface area contributed by atoms with Crippen molar-refractivity contribution in [2.24, 2.45) is 0 Å². The molecule has 0 aliphatic rings. The number of rotatable bonds is 5. The second-order valence-corrected chi connectivity index (χ2v) is 7.93. The van der Waals surface area contributed by atoms with Crippen LogP contribution in [0.4, 0.5) is 5.82 Å². The van der Waals surface area contributed by atoms with E-state index in [4.69, 9.17) is 11.6 Å². The first kappa shape index (κ1) is 19.0. The van der Waals surface area contributed by atoms with E-state index in [-0.39, 0.29) is 16.7 Å². The average molecular weight is 407 g/mol. The fraction of sp³-hybridized carbons (Fsp3) is 0.176. The predicted molar refractivity (Wildman–Crippen MR) is 101 cm³/mol. The number of nitrogens with zero attached hydrogens (tertiary/aromatic N) is 4. The van der Waals surface area contributed by atoms with E-state index in [1.165, 1.54) is 26.6 Å². The summed E-state index contributed by atoms with van der Waals surface area (Å²) in [5.74, 6) is -1.34. The average Bonchev–Trinajstić information content (AvgIpc) is 2.67. The zero-order valence-corrected chi connectivity index (χ0v) is 16.0. The lowest BCUT2D eigenvalue weighted by molar-refractivity contribution is 0.0594. The maximum atomic E-state index is 12.9. The number of carbonyl (C=O) groups excluding carboxylic acids is 1. The summed E-state index contributed by atoms with van der Waals surface area (Å²) in [4.78, 5) is 23.9. The minimum Gasteiger partial charge on any atom is -0.464 e. The Balaban J connectivity index is 1.98. The first-order valence-corrected chi connectivity index (χ1v) is 9.72. The Morgan fingerprint density at radius 3 is 2.67 bits per heavy atom. The van der Waals surface area contributed by atoms with Crippen LogP contribution in [-0.4, -0.2) is 43.5 Å². The van der Waals surface area contributed by atoms with Crippen LogP contribution in [0, 0.1) is 0 Å². The van der Waals surface area contributed by atoms with E-state index in [1.54, 1.807) is 12.1 Å². The number of para-hydroxylation sites is 1. The van der Waals surface area contributed by atoms with Gasteiger partial charge in [-0.2, -0.15) is 0 Å². The molecule has 3 aromatic rings. The van der Waals surface area contributed by atoms with Gasteiger partial charge in [0.25, 0.3) is 0 Å². The molecule has 0 bridgehead atoms. The first-order valence-electron chi connectivity index (χ1n) is 7.73. The molecule has 2 heterocycles. The summed E-state index contributed by atoms with van der Waals surface area (Å²) < 4.78 is 31.3. The minimum absolute atomic E-state index is 0.0954. The SMILES string of the molecule is COC(=O)c1nccnc1N(C)S(=O)(=O)Cc1cc2ccccc2nc1Cl. The lowest BCUT2D eigenvalue weighted by atomic mass is 10.2. The van der Waals surface area contributed by atoms with Gasteiger partial charge in [-0.1, -0.05) is 29.8 Å². The van der Waals surface area contributed by atoms with Gasteiger partial charge in [0.2, 0.25) is 10.0 Å². The number of esters is 1. The normalized spacial score (nSPS) is 11.4. The van der Waals surface area contributed by atoms with E-state index in [2.05, 4.69) is 19.7 Å².